The van der Waals surface area contributed by atoms with Gasteiger partial charge in [0.1, 0.15) is 18.2 Å². The van der Waals surface area contributed by atoms with Crippen molar-refractivity contribution in [2.75, 3.05) is 6.61 Å². The minimum atomic E-state index is 0.176. The second-order valence-electron chi connectivity index (χ2n) is 4.34. The average Bonchev–Trinajstić information content (AvgIpc) is 2.67. The molecule has 0 unspecified atom stereocenters. The van der Waals surface area contributed by atoms with E-state index in [1.54, 1.807) is 0 Å². The van der Waals surface area contributed by atoms with Crippen LogP contribution in [0.25, 0.3) is 0 Å². The Morgan fingerprint density at radius 3 is 3.06 bits per heavy atom. The number of fused-ring (bicyclic) bond motifs is 2. The van der Waals surface area contributed by atoms with Crippen molar-refractivity contribution < 1.29 is 9.84 Å². The second kappa shape index (κ2) is 4.78. The molecule has 0 spiro atoms. The summed E-state index contributed by atoms with van der Waals surface area (Å²) in [6, 6.07) is 8.01. The van der Waals surface area contributed by atoms with Crippen molar-refractivity contribution in [2.24, 2.45) is 0 Å². The van der Waals surface area contributed by atoms with Gasteiger partial charge in [-0.1, -0.05) is 18.2 Å². The summed E-state index contributed by atoms with van der Waals surface area (Å²) >= 11 is 0. The number of aliphatic hydroxyl groups excluding tert-OH is 1. The van der Waals surface area contributed by atoms with Gasteiger partial charge in [0.25, 0.3) is 0 Å². The fraction of sp³-hybridized carbons (Fsp3) is 0.385. The largest absolute Gasteiger partial charge is 0.485 e. The maximum atomic E-state index is 8.90. The van der Waals surface area contributed by atoms with Crippen molar-refractivity contribution in [2.45, 2.75) is 26.0 Å². The molecule has 2 aromatic rings. The lowest BCUT2D eigenvalue weighted by Crippen LogP contribution is -2.08. The van der Waals surface area contributed by atoms with Gasteiger partial charge in [-0.3, -0.25) is 0 Å². The SMILES string of the molecule is OCCCc1nnc2n1Cc1ccccc1OC2. The molecule has 1 aromatic carbocycles. The van der Waals surface area contributed by atoms with Gasteiger partial charge >= 0.3 is 0 Å². The molecular formula is C13H15N3O2. The molecular weight excluding hydrogens is 230 g/mol. The lowest BCUT2D eigenvalue weighted by atomic mass is 10.2. The van der Waals surface area contributed by atoms with Gasteiger partial charge in [-0.2, -0.15) is 0 Å². The number of rotatable bonds is 3. The first-order valence-corrected chi connectivity index (χ1v) is 6.11. The zero-order valence-corrected chi connectivity index (χ0v) is 10.0. The molecule has 2 heterocycles. The summed E-state index contributed by atoms with van der Waals surface area (Å²) in [4.78, 5) is 0. The molecule has 0 amide bonds. The van der Waals surface area contributed by atoms with Crippen LogP contribution >= 0.6 is 0 Å². The van der Waals surface area contributed by atoms with E-state index in [0.29, 0.717) is 13.0 Å². The van der Waals surface area contributed by atoms with Gasteiger partial charge in [0.2, 0.25) is 0 Å². The van der Waals surface area contributed by atoms with Crippen molar-refractivity contribution in [3.05, 3.63) is 41.5 Å². The van der Waals surface area contributed by atoms with E-state index in [-0.39, 0.29) is 6.61 Å². The summed E-state index contributed by atoms with van der Waals surface area (Å²) in [6.07, 6.45) is 1.45. The van der Waals surface area contributed by atoms with E-state index in [9.17, 15) is 0 Å². The predicted octanol–water partition coefficient (Wildman–Crippen LogP) is 1.14. The number of para-hydroxylation sites is 1. The molecule has 0 bridgehead atoms. The Hall–Kier alpha value is -1.88. The van der Waals surface area contributed by atoms with Crippen molar-refractivity contribution >= 4 is 0 Å². The van der Waals surface area contributed by atoms with E-state index in [1.165, 1.54) is 0 Å². The van der Waals surface area contributed by atoms with Gasteiger partial charge in [-0.25, -0.2) is 0 Å². The molecule has 1 aliphatic heterocycles. The van der Waals surface area contributed by atoms with Crippen LogP contribution in [0.4, 0.5) is 0 Å². The summed E-state index contributed by atoms with van der Waals surface area (Å²) < 4.78 is 7.80. The van der Waals surface area contributed by atoms with Crippen LogP contribution in [0.3, 0.4) is 0 Å². The third-order valence-electron chi connectivity index (χ3n) is 3.12. The fourth-order valence-corrected chi connectivity index (χ4v) is 2.17. The fourth-order valence-electron chi connectivity index (χ4n) is 2.17. The van der Waals surface area contributed by atoms with Crippen LogP contribution in [-0.2, 0) is 19.6 Å². The highest BCUT2D eigenvalue weighted by Gasteiger charge is 2.18. The zero-order chi connectivity index (χ0) is 12.4. The van der Waals surface area contributed by atoms with Crippen molar-refractivity contribution in [1.82, 2.24) is 14.8 Å². The lowest BCUT2D eigenvalue weighted by molar-refractivity contribution is 0.286. The maximum absolute atomic E-state index is 8.90. The van der Waals surface area contributed by atoms with Gasteiger partial charge in [0.05, 0.1) is 6.54 Å². The lowest BCUT2D eigenvalue weighted by Gasteiger charge is -2.07. The number of hydrogen-bond donors (Lipinski definition) is 1. The van der Waals surface area contributed by atoms with E-state index in [2.05, 4.69) is 20.8 Å². The number of aryl methyl sites for hydroxylation is 1. The first-order chi connectivity index (χ1) is 8.88. The number of ether oxygens (including phenoxy) is 1. The van der Waals surface area contributed by atoms with Crippen LogP contribution in [0.15, 0.2) is 24.3 Å². The first kappa shape index (κ1) is 11.2. The average molecular weight is 245 g/mol. The van der Waals surface area contributed by atoms with Gasteiger partial charge in [-0.15, -0.1) is 10.2 Å². The Labute approximate surface area is 105 Å². The third-order valence-corrected chi connectivity index (χ3v) is 3.12. The first-order valence-electron chi connectivity index (χ1n) is 6.11. The van der Waals surface area contributed by atoms with E-state index >= 15 is 0 Å². The summed E-state index contributed by atoms with van der Waals surface area (Å²) in [5.74, 6) is 2.68. The van der Waals surface area contributed by atoms with Gasteiger partial charge in [0, 0.05) is 18.6 Å². The molecule has 1 aliphatic rings. The van der Waals surface area contributed by atoms with Crippen molar-refractivity contribution in [1.29, 1.82) is 0 Å². The van der Waals surface area contributed by atoms with Crippen LogP contribution in [-0.4, -0.2) is 26.5 Å². The van der Waals surface area contributed by atoms with Crippen LogP contribution in [0.5, 0.6) is 5.75 Å². The molecule has 0 fully saturated rings. The summed E-state index contributed by atoms with van der Waals surface area (Å²) in [5, 5.41) is 17.2. The van der Waals surface area contributed by atoms with E-state index in [1.807, 2.05) is 18.2 Å². The van der Waals surface area contributed by atoms with Crippen molar-refractivity contribution in [3.63, 3.8) is 0 Å². The monoisotopic (exact) mass is 245 g/mol. The molecule has 18 heavy (non-hydrogen) atoms. The maximum Gasteiger partial charge on any atom is 0.171 e. The smallest absolute Gasteiger partial charge is 0.171 e. The Bertz CT molecular complexity index is 551. The summed E-state index contributed by atoms with van der Waals surface area (Å²) in [5.41, 5.74) is 1.14. The van der Waals surface area contributed by atoms with Crippen LogP contribution in [0.1, 0.15) is 23.6 Å². The van der Waals surface area contributed by atoms with Crippen molar-refractivity contribution in [3.8, 4) is 5.75 Å². The standard InChI is InChI=1S/C13H15N3O2/c17-7-3-6-12-14-15-13-9-18-11-5-2-1-4-10(11)8-16(12)13/h1-2,4-5,17H,3,6-9H2. The number of aromatic nitrogens is 3. The zero-order valence-electron chi connectivity index (χ0n) is 10.0. The molecule has 0 saturated carbocycles. The van der Waals surface area contributed by atoms with Crippen LogP contribution in [0, 0.1) is 0 Å². The van der Waals surface area contributed by atoms with E-state index < -0.39 is 0 Å². The van der Waals surface area contributed by atoms with Crippen LogP contribution < -0.4 is 4.74 Å². The molecule has 0 radical (unpaired) electrons. The highest BCUT2D eigenvalue weighted by Crippen LogP contribution is 2.24. The molecule has 0 saturated heterocycles. The molecule has 0 aliphatic carbocycles. The topological polar surface area (TPSA) is 60.2 Å². The van der Waals surface area contributed by atoms with E-state index in [4.69, 9.17) is 9.84 Å². The normalized spacial score (nSPS) is 13.4. The Kier molecular flexibility index (Phi) is 2.98. The Morgan fingerprint density at radius 2 is 2.17 bits per heavy atom. The van der Waals surface area contributed by atoms with Gasteiger partial charge < -0.3 is 14.4 Å². The number of benzene rings is 1. The molecule has 1 N–H and O–H groups in total. The molecule has 5 nitrogen and oxygen atoms in total. The quantitative estimate of drug-likeness (QED) is 0.881. The number of aliphatic hydroxyl groups is 1. The summed E-state index contributed by atoms with van der Waals surface area (Å²) in [6.45, 7) is 1.36. The highest BCUT2D eigenvalue weighted by molar-refractivity contribution is 5.34. The Balaban J connectivity index is 1.93. The van der Waals surface area contributed by atoms with Gasteiger partial charge in [-0.05, 0) is 12.5 Å². The third kappa shape index (κ3) is 1.97. The van der Waals surface area contributed by atoms with E-state index in [0.717, 1.165) is 35.9 Å². The number of hydrogen-bond acceptors (Lipinski definition) is 4. The number of nitrogens with zero attached hydrogens (tertiary/aromatic N) is 3. The predicted molar refractivity (Wildman–Crippen MR) is 65.3 cm³/mol. The molecule has 3 rings (SSSR count). The molecule has 94 valence electrons. The minimum Gasteiger partial charge on any atom is -0.485 e. The van der Waals surface area contributed by atoms with Gasteiger partial charge in [0.15, 0.2) is 5.82 Å². The minimum absolute atomic E-state index is 0.176. The highest BCUT2D eigenvalue weighted by atomic mass is 16.5. The summed E-state index contributed by atoms with van der Waals surface area (Å²) in [7, 11) is 0. The Morgan fingerprint density at radius 1 is 1.28 bits per heavy atom. The van der Waals surface area contributed by atoms with Crippen LogP contribution in [0.2, 0.25) is 0 Å². The molecule has 1 aromatic heterocycles. The second-order valence-corrected chi connectivity index (χ2v) is 4.34. The molecule has 0 atom stereocenters. The molecule has 5 heteroatoms.